The van der Waals surface area contributed by atoms with Crippen molar-refractivity contribution in [3.63, 3.8) is 0 Å². The second-order valence-corrected chi connectivity index (χ2v) is 3.89. The molecule has 0 aliphatic rings. The smallest absolute Gasteiger partial charge is 0.164 e. The van der Waals surface area contributed by atoms with Crippen LogP contribution in [0.2, 0.25) is 0 Å². The lowest BCUT2D eigenvalue weighted by atomic mass is 10.2. The van der Waals surface area contributed by atoms with Crippen LogP contribution in [0.1, 0.15) is 0 Å². The van der Waals surface area contributed by atoms with E-state index in [-0.39, 0.29) is 0 Å². The van der Waals surface area contributed by atoms with Gasteiger partial charge in [-0.15, -0.1) is 0 Å². The molecule has 2 aromatic heterocycles. The summed E-state index contributed by atoms with van der Waals surface area (Å²) < 4.78 is 7.21. The maximum absolute atomic E-state index is 5.82. The number of hydrogen-bond acceptors (Lipinski definition) is 4. The van der Waals surface area contributed by atoms with Crippen molar-refractivity contribution in [3.05, 3.63) is 42.9 Å². The van der Waals surface area contributed by atoms with Gasteiger partial charge in [0.15, 0.2) is 5.65 Å². The number of aromatic nitrogens is 3. The van der Waals surface area contributed by atoms with E-state index in [4.69, 9.17) is 10.5 Å². The number of rotatable bonds is 2. The molecule has 0 bridgehead atoms. The van der Waals surface area contributed by atoms with Crippen molar-refractivity contribution in [1.82, 2.24) is 14.5 Å². The largest absolute Gasteiger partial charge is 0.495 e. The first-order chi connectivity index (χ1) is 8.79. The SMILES string of the molecule is COc1ccc(N)cc1-n1cnc2cccnc21. The highest BCUT2D eigenvalue weighted by Crippen LogP contribution is 2.27. The summed E-state index contributed by atoms with van der Waals surface area (Å²) in [5, 5.41) is 0. The molecule has 5 nitrogen and oxygen atoms in total. The van der Waals surface area contributed by atoms with Crippen molar-refractivity contribution < 1.29 is 4.74 Å². The summed E-state index contributed by atoms with van der Waals surface area (Å²) in [5.74, 6) is 0.731. The number of hydrogen-bond donors (Lipinski definition) is 1. The fraction of sp³-hybridized carbons (Fsp3) is 0.0769. The van der Waals surface area contributed by atoms with E-state index in [1.54, 1.807) is 25.7 Å². The van der Waals surface area contributed by atoms with Crippen LogP contribution >= 0.6 is 0 Å². The number of ether oxygens (including phenoxy) is 1. The Morgan fingerprint density at radius 1 is 1.22 bits per heavy atom. The summed E-state index contributed by atoms with van der Waals surface area (Å²) in [6.45, 7) is 0. The number of methoxy groups -OCH3 is 1. The van der Waals surface area contributed by atoms with E-state index in [2.05, 4.69) is 9.97 Å². The number of nitrogens with zero attached hydrogens (tertiary/aromatic N) is 3. The van der Waals surface area contributed by atoms with Crippen molar-refractivity contribution >= 4 is 16.9 Å². The normalized spacial score (nSPS) is 10.7. The van der Waals surface area contributed by atoms with E-state index in [1.165, 1.54) is 0 Å². The van der Waals surface area contributed by atoms with E-state index in [0.29, 0.717) is 5.69 Å². The maximum atomic E-state index is 5.82. The van der Waals surface area contributed by atoms with Gasteiger partial charge in [-0.1, -0.05) is 0 Å². The van der Waals surface area contributed by atoms with Crippen LogP contribution in [0.5, 0.6) is 5.75 Å². The van der Waals surface area contributed by atoms with Gasteiger partial charge in [0.1, 0.15) is 17.6 Å². The summed E-state index contributed by atoms with van der Waals surface area (Å²) in [6.07, 6.45) is 3.45. The molecule has 3 rings (SSSR count). The number of pyridine rings is 1. The van der Waals surface area contributed by atoms with Gasteiger partial charge in [-0.25, -0.2) is 9.97 Å². The van der Waals surface area contributed by atoms with Crippen LogP contribution in [-0.2, 0) is 0 Å². The zero-order valence-corrected chi connectivity index (χ0v) is 9.87. The molecule has 18 heavy (non-hydrogen) atoms. The van der Waals surface area contributed by atoms with E-state index in [0.717, 1.165) is 22.6 Å². The Morgan fingerprint density at radius 3 is 2.94 bits per heavy atom. The minimum atomic E-state index is 0.670. The van der Waals surface area contributed by atoms with Gasteiger partial charge in [-0.3, -0.25) is 4.57 Å². The van der Waals surface area contributed by atoms with Gasteiger partial charge in [0, 0.05) is 11.9 Å². The van der Waals surface area contributed by atoms with Gasteiger partial charge < -0.3 is 10.5 Å². The minimum Gasteiger partial charge on any atom is -0.495 e. The third kappa shape index (κ3) is 1.57. The molecule has 0 unspecified atom stereocenters. The molecule has 0 aliphatic heterocycles. The third-order valence-corrected chi connectivity index (χ3v) is 2.77. The summed E-state index contributed by atoms with van der Waals surface area (Å²) >= 11 is 0. The quantitative estimate of drug-likeness (QED) is 0.696. The number of anilines is 1. The Balaban J connectivity index is 2.29. The number of imidazole rings is 1. The Bertz CT molecular complexity index is 705. The summed E-state index contributed by atoms with van der Waals surface area (Å²) in [4.78, 5) is 8.63. The fourth-order valence-corrected chi connectivity index (χ4v) is 1.92. The molecule has 0 saturated carbocycles. The predicted octanol–water partition coefficient (Wildman–Crippen LogP) is 2.01. The topological polar surface area (TPSA) is 66.0 Å². The molecule has 3 aromatic rings. The Kier molecular flexibility index (Phi) is 2.37. The zero-order valence-electron chi connectivity index (χ0n) is 9.87. The first kappa shape index (κ1) is 10.6. The lowest BCUT2D eigenvalue weighted by Crippen LogP contribution is -1.99. The molecule has 0 fully saturated rings. The molecular weight excluding hydrogens is 228 g/mol. The Morgan fingerprint density at radius 2 is 2.11 bits per heavy atom. The third-order valence-electron chi connectivity index (χ3n) is 2.77. The summed E-state index contributed by atoms with van der Waals surface area (Å²) in [6, 6.07) is 9.25. The summed E-state index contributed by atoms with van der Waals surface area (Å²) in [7, 11) is 1.63. The number of benzene rings is 1. The average Bonchev–Trinajstić information content (AvgIpc) is 2.82. The van der Waals surface area contributed by atoms with Gasteiger partial charge in [0.2, 0.25) is 0 Å². The van der Waals surface area contributed by atoms with Crippen molar-refractivity contribution in [3.8, 4) is 11.4 Å². The van der Waals surface area contributed by atoms with Crippen molar-refractivity contribution in [2.24, 2.45) is 0 Å². The lowest BCUT2D eigenvalue weighted by Gasteiger charge is -2.10. The molecule has 0 saturated heterocycles. The molecular formula is C13H12N4O. The van der Waals surface area contributed by atoms with Gasteiger partial charge in [0.25, 0.3) is 0 Å². The van der Waals surface area contributed by atoms with Gasteiger partial charge >= 0.3 is 0 Å². The molecule has 90 valence electrons. The van der Waals surface area contributed by atoms with Crippen LogP contribution in [0.15, 0.2) is 42.9 Å². The molecule has 1 aromatic carbocycles. The van der Waals surface area contributed by atoms with Crippen LogP contribution in [0, 0.1) is 0 Å². The molecule has 2 heterocycles. The standard InChI is InChI=1S/C13H12N4O/c1-18-12-5-4-9(14)7-11(12)17-8-16-10-3-2-6-15-13(10)17/h2-8H,14H2,1H3. The second-order valence-electron chi connectivity index (χ2n) is 3.89. The maximum Gasteiger partial charge on any atom is 0.164 e. The minimum absolute atomic E-state index is 0.670. The second kappa shape index (κ2) is 4.03. The van der Waals surface area contributed by atoms with Crippen LogP contribution in [0.4, 0.5) is 5.69 Å². The molecule has 0 atom stereocenters. The van der Waals surface area contributed by atoms with E-state index >= 15 is 0 Å². The van der Waals surface area contributed by atoms with Crippen LogP contribution < -0.4 is 10.5 Å². The summed E-state index contributed by atoms with van der Waals surface area (Å²) in [5.41, 5.74) is 8.94. The Labute approximate surface area is 104 Å². The zero-order chi connectivity index (χ0) is 12.5. The highest BCUT2D eigenvalue weighted by Gasteiger charge is 2.10. The average molecular weight is 240 g/mol. The molecule has 0 amide bonds. The van der Waals surface area contributed by atoms with Gasteiger partial charge in [-0.05, 0) is 30.3 Å². The predicted molar refractivity (Wildman–Crippen MR) is 69.8 cm³/mol. The van der Waals surface area contributed by atoms with E-state index < -0.39 is 0 Å². The van der Waals surface area contributed by atoms with Crippen LogP contribution in [0.25, 0.3) is 16.9 Å². The highest BCUT2D eigenvalue weighted by atomic mass is 16.5. The van der Waals surface area contributed by atoms with Crippen LogP contribution in [0.3, 0.4) is 0 Å². The lowest BCUT2D eigenvalue weighted by molar-refractivity contribution is 0.413. The monoisotopic (exact) mass is 240 g/mol. The molecule has 2 N–H and O–H groups in total. The molecule has 0 aliphatic carbocycles. The molecule has 0 spiro atoms. The fourth-order valence-electron chi connectivity index (χ4n) is 1.92. The first-order valence-corrected chi connectivity index (χ1v) is 5.51. The molecule has 5 heteroatoms. The van der Waals surface area contributed by atoms with Crippen molar-refractivity contribution in [2.75, 3.05) is 12.8 Å². The van der Waals surface area contributed by atoms with Gasteiger partial charge in [0.05, 0.1) is 12.8 Å². The number of nitrogen functional groups attached to an aromatic ring is 1. The van der Waals surface area contributed by atoms with Crippen LogP contribution in [-0.4, -0.2) is 21.6 Å². The van der Waals surface area contributed by atoms with Crippen molar-refractivity contribution in [2.45, 2.75) is 0 Å². The first-order valence-electron chi connectivity index (χ1n) is 5.51. The van der Waals surface area contributed by atoms with E-state index in [9.17, 15) is 0 Å². The van der Waals surface area contributed by atoms with Gasteiger partial charge in [-0.2, -0.15) is 0 Å². The van der Waals surface area contributed by atoms with Crippen molar-refractivity contribution in [1.29, 1.82) is 0 Å². The highest BCUT2D eigenvalue weighted by molar-refractivity contribution is 5.74. The Hall–Kier alpha value is -2.56. The number of nitrogens with two attached hydrogens (primary N) is 1. The number of fused-ring (bicyclic) bond motifs is 1. The van der Waals surface area contributed by atoms with E-state index in [1.807, 2.05) is 28.8 Å². The molecule has 0 radical (unpaired) electrons.